The predicted molar refractivity (Wildman–Crippen MR) is 74.8 cm³/mol. The molecule has 11 nitrogen and oxygen atoms in total. The van der Waals surface area contributed by atoms with Gasteiger partial charge in [-0.3, -0.25) is 15.0 Å². The van der Waals surface area contributed by atoms with Gasteiger partial charge in [-0.15, -0.1) is 0 Å². The van der Waals surface area contributed by atoms with Crippen molar-refractivity contribution in [3.8, 4) is 0 Å². The van der Waals surface area contributed by atoms with Crippen molar-refractivity contribution in [1.82, 2.24) is 15.0 Å². The third-order valence-corrected chi connectivity index (χ3v) is 1.23. The molecule has 122 valence electrons. The van der Waals surface area contributed by atoms with E-state index < -0.39 is 29.0 Å². The predicted octanol–water partition coefficient (Wildman–Crippen LogP) is -1.72. The van der Waals surface area contributed by atoms with E-state index in [1.54, 1.807) is 15.0 Å². The number of carboxylic acid groups (broad SMARTS) is 2. The maximum Gasteiger partial charge on any atom is 0.330 e. The Kier molecular flexibility index (Phi) is 12.3. The summed E-state index contributed by atoms with van der Waals surface area (Å²) < 4.78 is 4.50. The summed E-state index contributed by atoms with van der Waals surface area (Å²) >= 11 is 0. The molecule has 1 aliphatic heterocycles. The molecular weight excluding hydrogens is 302 g/mol. The SMILES string of the molecule is C1CO1.C=CC(=O)O.C=CC(=O)O.O=c1[nH]c(=O)[nH]c(=O)[nH]1. The number of carbonyl (C=O) groups is 2. The molecule has 22 heavy (non-hydrogen) atoms. The summed E-state index contributed by atoms with van der Waals surface area (Å²) in [5.41, 5.74) is -2.41. The normalized spacial score (nSPS) is 10.0. The second-order valence-electron chi connectivity index (χ2n) is 3.06. The summed E-state index contributed by atoms with van der Waals surface area (Å²) in [4.78, 5) is 54.4. The van der Waals surface area contributed by atoms with Crippen LogP contribution in [-0.4, -0.2) is 50.3 Å². The molecule has 0 atom stereocenters. The van der Waals surface area contributed by atoms with Crippen LogP contribution in [0.5, 0.6) is 0 Å². The molecule has 2 heterocycles. The first-order chi connectivity index (χ1) is 10.2. The van der Waals surface area contributed by atoms with Crippen molar-refractivity contribution in [2.45, 2.75) is 0 Å². The zero-order valence-corrected chi connectivity index (χ0v) is 11.3. The minimum atomic E-state index is -0.981. The maximum absolute atomic E-state index is 10.2. The molecule has 5 N–H and O–H groups in total. The first kappa shape index (κ1) is 21.1. The van der Waals surface area contributed by atoms with Crippen LogP contribution >= 0.6 is 0 Å². The highest BCUT2D eigenvalue weighted by Crippen LogP contribution is 1.84. The maximum atomic E-state index is 10.2. The molecule has 0 spiro atoms. The molecule has 1 aliphatic rings. The van der Waals surface area contributed by atoms with E-state index >= 15 is 0 Å². The van der Waals surface area contributed by atoms with Gasteiger partial charge in [0.1, 0.15) is 0 Å². The number of H-pyrrole nitrogens is 3. The van der Waals surface area contributed by atoms with Gasteiger partial charge in [0.15, 0.2) is 0 Å². The van der Waals surface area contributed by atoms with Crippen molar-refractivity contribution < 1.29 is 24.5 Å². The highest BCUT2D eigenvalue weighted by molar-refractivity contribution is 5.79. The Morgan fingerprint density at radius 1 is 0.864 bits per heavy atom. The van der Waals surface area contributed by atoms with Crippen molar-refractivity contribution in [3.63, 3.8) is 0 Å². The summed E-state index contributed by atoms with van der Waals surface area (Å²) in [6.45, 7) is 7.92. The van der Waals surface area contributed by atoms with Crippen LogP contribution in [-0.2, 0) is 14.3 Å². The van der Waals surface area contributed by atoms with Gasteiger partial charge in [0, 0.05) is 12.2 Å². The summed E-state index contributed by atoms with van der Waals surface area (Å²) in [6.07, 6.45) is 1.67. The van der Waals surface area contributed by atoms with Crippen LogP contribution in [0.15, 0.2) is 39.7 Å². The topological polar surface area (TPSA) is 186 Å². The van der Waals surface area contributed by atoms with Crippen LogP contribution in [0.25, 0.3) is 0 Å². The van der Waals surface area contributed by atoms with E-state index in [1.807, 2.05) is 0 Å². The Labute approximate surface area is 122 Å². The molecule has 1 saturated heterocycles. The van der Waals surface area contributed by atoms with Gasteiger partial charge in [-0.1, -0.05) is 13.2 Å². The number of hydrogen-bond acceptors (Lipinski definition) is 6. The molecule has 0 aliphatic carbocycles. The van der Waals surface area contributed by atoms with E-state index in [0.717, 1.165) is 25.4 Å². The molecule has 1 fully saturated rings. The summed E-state index contributed by atoms with van der Waals surface area (Å²) in [6, 6.07) is 0. The molecule has 1 aromatic heterocycles. The van der Waals surface area contributed by atoms with Crippen molar-refractivity contribution in [2.75, 3.05) is 13.2 Å². The fraction of sp³-hybridized carbons (Fsp3) is 0.182. The van der Waals surface area contributed by atoms with Gasteiger partial charge in [-0.25, -0.2) is 24.0 Å². The average molecular weight is 317 g/mol. The van der Waals surface area contributed by atoms with Crippen molar-refractivity contribution in [1.29, 1.82) is 0 Å². The fourth-order valence-electron chi connectivity index (χ4n) is 0.403. The zero-order chi connectivity index (χ0) is 17.5. The molecule has 1 aromatic rings. The monoisotopic (exact) mass is 317 g/mol. The van der Waals surface area contributed by atoms with E-state index in [-0.39, 0.29) is 0 Å². The van der Waals surface area contributed by atoms with E-state index in [4.69, 9.17) is 10.2 Å². The number of ether oxygens (including phenoxy) is 1. The Morgan fingerprint density at radius 3 is 1.14 bits per heavy atom. The molecule has 0 bridgehead atoms. The van der Waals surface area contributed by atoms with Gasteiger partial charge in [-0.05, 0) is 0 Å². The molecule has 0 amide bonds. The van der Waals surface area contributed by atoms with Crippen molar-refractivity contribution in [3.05, 3.63) is 56.8 Å². The highest BCUT2D eigenvalue weighted by atomic mass is 16.6. The molecule has 0 aromatic carbocycles. The standard InChI is InChI=1S/C3H3N3O3.2C3H4O2.C2H4O/c7-1-4-2(8)6-3(9)5-1;2*1-2-3(4)5;1-2-3-1/h(H3,4,5,6,7,8,9);2*2H,1H2,(H,4,5);1-2H2. The first-order valence-corrected chi connectivity index (χ1v) is 5.44. The third kappa shape index (κ3) is 22.0. The summed E-state index contributed by atoms with van der Waals surface area (Å²) in [7, 11) is 0. The number of rotatable bonds is 2. The van der Waals surface area contributed by atoms with Crippen LogP contribution in [0.1, 0.15) is 0 Å². The molecular formula is C11H15N3O8. The molecule has 2 rings (SSSR count). The van der Waals surface area contributed by atoms with Crippen LogP contribution < -0.4 is 17.1 Å². The minimum absolute atomic E-state index is 0.802. The fourth-order valence-corrected chi connectivity index (χ4v) is 0.403. The number of aromatic amines is 3. The van der Waals surface area contributed by atoms with Crippen molar-refractivity contribution >= 4 is 11.9 Å². The summed E-state index contributed by atoms with van der Waals surface area (Å²) in [5, 5.41) is 15.2. The van der Waals surface area contributed by atoms with E-state index in [1.165, 1.54) is 0 Å². The van der Waals surface area contributed by atoms with Crippen LogP contribution in [0, 0.1) is 0 Å². The highest BCUT2D eigenvalue weighted by Gasteiger charge is 1.94. The number of carboxylic acids is 2. The van der Waals surface area contributed by atoms with Gasteiger partial charge >= 0.3 is 29.0 Å². The van der Waals surface area contributed by atoms with Gasteiger partial charge < -0.3 is 14.9 Å². The Balaban J connectivity index is 0. The number of hydrogen-bond donors (Lipinski definition) is 5. The number of aromatic nitrogens is 3. The first-order valence-electron chi connectivity index (χ1n) is 5.44. The van der Waals surface area contributed by atoms with E-state index in [0.29, 0.717) is 0 Å². The van der Waals surface area contributed by atoms with Crippen LogP contribution in [0.2, 0.25) is 0 Å². The van der Waals surface area contributed by atoms with Gasteiger partial charge in [0.25, 0.3) is 0 Å². The Morgan fingerprint density at radius 2 is 1.05 bits per heavy atom. The lowest BCUT2D eigenvalue weighted by molar-refractivity contribution is -0.132. The van der Waals surface area contributed by atoms with Gasteiger partial charge in [0.05, 0.1) is 13.2 Å². The Bertz CT molecular complexity index is 553. The summed E-state index contributed by atoms with van der Waals surface area (Å²) in [5.74, 6) is -1.96. The van der Waals surface area contributed by atoms with Crippen LogP contribution in [0.4, 0.5) is 0 Å². The van der Waals surface area contributed by atoms with E-state index in [9.17, 15) is 24.0 Å². The molecule has 0 radical (unpaired) electrons. The zero-order valence-electron chi connectivity index (χ0n) is 11.3. The Hall–Kier alpha value is -3.21. The molecule has 0 saturated carbocycles. The quantitative estimate of drug-likeness (QED) is 0.315. The third-order valence-electron chi connectivity index (χ3n) is 1.23. The molecule has 0 unspecified atom stereocenters. The minimum Gasteiger partial charge on any atom is -0.478 e. The van der Waals surface area contributed by atoms with Crippen molar-refractivity contribution in [2.24, 2.45) is 0 Å². The lowest BCUT2D eigenvalue weighted by Crippen LogP contribution is -2.34. The van der Waals surface area contributed by atoms with Crippen LogP contribution in [0.3, 0.4) is 0 Å². The smallest absolute Gasteiger partial charge is 0.330 e. The number of aliphatic carboxylic acids is 2. The lowest BCUT2D eigenvalue weighted by Gasteiger charge is -1.77. The second-order valence-corrected chi connectivity index (χ2v) is 3.06. The lowest BCUT2D eigenvalue weighted by atomic mass is 10.7. The van der Waals surface area contributed by atoms with E-state index in [2.05, 4.69) is 17.9 Å². The van der Waals surface area contributed by atoms with Gasteiger partial charge in [0.2, 0.25) is 0 Å². The second kappa shape index (κ2) is 12.8. The number of nitrogens with one attached hydrogen (secondary N) is 3. The molecule has 11 heteroatoms. The number of epoxide rings is 1. The average Bonchev–Trinajstić information content (AvgIpc) is 3.26. The largest absolute Gasteiger partial charge is 0.478 e. The van der Waals surface area contributed by atoms with Gasteiger partial charge in [-0.2, -0.15) is 0 Å².